The lowest BCUT2D eigenvalue weighted by Crippen LogP contribution is -2.38. The van der Waals surface area contributed by atoms with Gasteiger partial charge in [0, 0.05) is 23.7 Å². The molecule has 94 valence electrons. The zero-order chi connectivity index (χ0) is 12.6. The van der Waals surface area contributed by atoms with Gasteiger partial charge in [0.25, 0.3) is 0 Å². The normalized spacial score (nSPS) is 19.9. The van der Waals surface area contributed by atoms with Gasteiger partial charge < -0.3 is 5.32 Å². The molecular formula is C13H21N3O. The summed E-state index contributed by atoms with van der Waals surface area (Å²) in [6.07, 6.45) is 5.08. The minimum Gasteiger partial charge on any atom is -0.349 e. The Labute approximate surface area is 102 Å². The van der Waals surface area contributed by atoms with Crippen molar-refractivity contribution in [3.8, 4) is 0 Å². The maximum absolute atomic E-state index is 12.0. The van der Waals surface area contributed by atoms with Crippen LogP contribution in [-0.2, 0) is 18.3 Å². The quantitative estimate of drug-likeness (QED) is 0.809. The van der Waals surface area contributed by atoms with Crippen molar-refractivity contribution in [3.05, 3.63) is 17.5 Å². The summed E-state index contributed by atoms with van der Waals surface area (Å²) in [5, 5.41) is 7.42. The van der Waals surface area contributed by atoms with E-state index in [0.717, 1.165) is 19.3 Å². The minimum absolute atomic E-state index is 0.110. The third-order valence-electron chi connectivity index (χ3n) is 3.36. The molecule has 0 bridgehead atoms. The lowest BCUT2D eigenvalue weighted by Gasteiger charge is -2.27. The molecule has 0 saturated carbocycles. The van der Waals surface area contributed by atoms with Gasteiger partial charge in [-0.05, 0) is 19.3 Å². The molecule has 4 nitrogen and oxygen atoms in total. The molecule has 1 aromatic rings. The van der Waals surface area contributed by atoms with E-state index in [1.165, 1.54) is 11.3 Å². The van der Waals surface area contributed by atoms with Gasteiger partial charge in [0.05, 0.1) is 12.2 Å². The SMILES string of the molecule is Cn1ncc2c1CCCC2NC(=O)C(C)(C)C. The number of carbonyl (C=O) groups is 1. The van der Waals surface area contributed by atoms with Crippen LogP contribution in [0.15, 0.2) is 6.20 Å². The van der Waals surface area contributed by atoms with Crippen molar-refractivity contribution >= 4 is 5.91 Å². The summed E-state index contributed by atoms with van der Waals surface area (Å²) in [6.45, 7) is 5.82. The van der Waals surface area contributed by atoms with Gasteiger partial charge in [-0.25, -0.2) is 0 Å². The fourth-order valence-electron chi connectivity index (χ4n) is 2.23. The second-order valence-electron chi connectivity index (χ2n) is 5.84. The van der Waals surface area contributed by atoms with Gasteiger partial charge in [-0.15, -0.1) is 0 Å². The van der Waals surface area contributed by atoms with Crippen LogP contribution in [0.1, 0.15) is 50.9 Å². The van der Waals surface area contributed by atoms with Crippen molar-refractivity contribution < 1.29 is 4.79 Å². The van der Waals surface area contributed by atoms with E-state index < -0.39 is 0 Å². The summed E-state index contributed by atoms with van der Waals surface area (Å²) in [5.41, 5.74) is 2.12. The highest BCUT2D eigenvalue weighted by Gasteiger charge is 2.28. The number of nitrogens with one attached hydrogen (secondary N) is 1. The molecule has 1 amide bonds. The molecule has 1 unspecified atom stereocenters. The van der Waals surface area contributed by atoms with Gasteiger partial charge in [0.2, 0.25) is 5.91 Å². The van der Waals surface area contributed by atoms with Gasteiger partial charge in [0.1, 0.15) is 0 Å². The molecule has 0 saturated heterocycles. The van der Waals surface area contributed by atoms with E-state index in [1.807, 2.05) is 38.7 Å². The molecule has 0 aliphatic heterocycles. The summed E-state index contributed by atoms with van der Waals surface area (Å²) in [5.74, 6) is 0.110. The fourth-order valence-corrected chi connectivity index (χ4v) is 2.23. The Bertz CT molecular complexity index is 428. The molecule has 0 fully saturated rings. The van der Waals surface area contributed by atoms with Gasteiger partial charge in [-0.2, -0.15) is 5.10 Å². The molecule has 1 aliphatic rings. The molecule has 2 rings (SSSR count). The van der Waals surface area contributed by atoms with E-state index >= 15 is 0 Å². The van der Waals surface area contributed by atoms with E-state index in [1.54, 1.807) is 0 Å². The molecule has 1 N–H and O–H groups in total. The van der Waals surface area contributed by atoms with Crippen molar-refractivity contribution in [2.24, 2.45) is 12.5 Å². The summed E-state index contributed by atoms with van der Waals surface area (Å²) < 4.78 is 1.92. The highest BCUT2D eigenvalue weighted by molar-refractivity contribution is 5.81. The standard InChI is InChI=1S/C13H21N3O/c1-13(2,3)12(17)15-10-6-5-7-11-9(10)8-14-16(11)4/h8,10H,5-7H2,1-4H3,(H,15,17). The highest BCUT2D eigenvalue weighted by Crippen LogP contribution is 2.30. The van der Waals surface area contributed by atoms with E-state index in [4.69, 9.17) is 0 Å². The number of hydrogen-bond acceptors (Lipinski definition) is 2. The first-order chi connectivity index (χ1) is 7.89. The third kappa shape index (κ3) is 2.35. The van der Waals surface area contributed by atoms with Crippen LogP contribution in [0.25, 0.3) is 0 Å². The molecule has 4 heteroatoms. The number of hydrogen-bond donors (Lipinski definition) is 1. The van der Waals surface area contributed by atoms with Crippen LogP contribution in [-0.4, -0.2) is 15.7 Å². The molecule has 1 aromatic heterocycles. The van der Waals surface area contributed by atoms with Crippen LogP contribution in [0.2, 0.25) is 0 Å². The third-order valence-corrected chi connectivity index (χ3v) is 3.36. The molecule has 17 heavy (non-hydrogen) atoms. The Balaban J connectivity index is 2.17. The average Bonchev–Trinajstić information content (AvgIpc) is 2.60. The van der Waals surface area contributed by atoms with E-state index in [-0.39, 0.29) is 17.4 Å². The van der Waals surface area contributed by atoms with Gasteiger partial charge in [0.15, 0.2) is 0 Å². The van der Waals surface area contributed by atoms with Crippen molar-refractivity contribution in [1.29, 1.82) is 0 Å². The molecule has 0 aromatic carbocycles. The van der Waals surface area contributed by atoms with Gasteiger partial charge in [-0.3, -0.25) is 9.48 Å². The summed E-state index contributed by atoms with van der Waals surface area (Å²) in [6, 6.07) is 0.138. The van der Waals surface area contributed by atoms with E-state index in [2.05, 4.69) is 10.4 Å². The fraction of sp³-hybridized carbons (Fsp3) is 0.692. The highest BCUT2D eigenvalue weighted by atomic mass is 16.2. The zero-order valence-corrected chi connectivity index (χ0v) is 11.1. The van der Waals surface area contributed by atoms with Crippen molar-refractivity contribution in [2.45, 2.75) is 46.1 Å². The minimum atomic E-state index is -0.334. The molecule has 1 atom stereocenters. The summed E-state index contributed by atoms with van der Waals surface area (Å²) in [7, 11) is 1.97. The number of amides is 1. The molecule has 1 heterocycles. The number of aromatic nitrogens is 2. The van der Waals surface area contributed by atoms with Crippen LogP contribution in [0.5, 0.6) is 0 Å². The van der Waals surface area contributed by atoms with Gasteiger partial charge >= 0.3 is 0 Å². The Morgan fingerprint density at radius 1 is 1.53 bits per heavy atom. The zero-order valence-electron chi connectivity index (χ0n) is 11.1. The number of rotatable bonds is 1. The largest absolute Gasteiger partial charge is 0.349 e. The monoisotopic (exact) mass is 235 g/mol. The Kier molecular flexibility index (Phi) is 2.98. The molecule has 0 spiro atoms. The first-order valence-corrected chi connectivity index (χ1v) is 6.21. The first-order valence-electron chi connectivity index (χ1n) is 6.21. The molecular weight excluding hydrogens is 214 g/mol. The van der Waals surface area contributed by atoms with E-state index in [9.17, 15) is 4.79 Å². The molecule has 1 aliphatic carbocycles. The number of fused-ring (bicyclic) bond motifs is 1. The predicted octanol–water partition coefficient (Wildman–Crippen LogP) is 1.96. The van der Waals surface area contributed by atoms with Crippen molar-refractivity contribution in [1.82, 2.24) is 15.1 Å². The summed E-state index contributed by atoms with van der Waals surface area (Å²) in [4.78, 5) is 12.0. The topological polar surface area (TPSA) is 46.9 Å². The lowest BCUT2D eigenvalue weighted by atomic mass is 9.90. The Hall–Kier alpha value is -1.32. The van der Waals surface area contributed by atoms with Crippen molar-refractivity contribution in [2.75, 3.05) is 0 Å². The second-order valence-corrected chi connectivity index (χ2v) is 5.84. The van der Waals surface area contributed by atoms with Crippen LogP contribution in [0, 0.1) is 5.41 Å². The van der Waals surface area contributed by atoms with Gasteiger partial charge in [-0.1, -0.05) is 20.8 Å². The molecule has 0 radical (unpaired) electrons. The van der Waals surface area contributed by atoms with Crippen LogP contribution in [0.4, 0.5) is 0 Å². The average molecular weight is 235 g/mol. The van der Waals surface area contributed by atoms with Crippen LogP contribution in [0.3, 0.4) is 0 Å². The second kappa shape index (κ2) is 4.17. The maximum Gasteiger partial charge on any atom is 0.225 e. The van der Waals surface area contributed by atoms with Crippen LogP contribution >= 0.6 is 0 Å². The first kappa shape index (κ1) is 12.1. The maximum atomic E-state index is 12.0. The Morgan fingerprint density at radius 3 is 2.88 bits per heavy atom. The summed E-state index contributed by atoms with van der Waals surface area (Å²) >= 11 is 0. The number of nitrogens with zero attached hydrogens (tertiary/aromatic N) is 2. The van der Waals surface area contributed by atoms with Crippen LogP contribution < -0.4 is 5.32 Å². The predicted molar refractivity (Wildman–Crippen MR) is 66.5 cm³/mol. The van der Waals surface area contributed by atoms with E-state index in [0.29, 0.717) is 0 Å². The lowest BCUT2D eigenvalue weighted by molar-refractivity contribution is -0.129. The van der Waals surface area contributed by atoms with Crippen molar-refractivity contribution in [3.63, 3.8) is 0 Å². The number of aryl methyl sites for hydroxylation is 1. The smallest absolute Gasteiger partial charge is 0.225 e. The Morgan fingerprint density at radius 2 is 2.24 bits per heavy atom. The number of carbonyl (C=O) groups excluding carboxylic acids is 1.